The van der Waals surface area contributed by atoms with E-state index in [9.17, 15) is 8.42 Å². The predicted molar refractivity (Wildman–Crippen MR) is 66.9 cm³/mol. The van der Waals surface area contributed by atoms with Gasteiger partial charge in [-0.3, -0.25) is 4.72 Å². The minimum atomic E-state index is -3.19. The lowest BCUT2D eigenvalue weighted by Gasteiger charge is -2.06. The highest BCUT2D eigenvalue weighted by Gasteiger charge is 2.08. The zero-order valence-electron chi connectivity index (χ0n) is 8.39. The maximum Gasteiger partial charge on any atom is 0.232 e. The van der Waals surface area contributed by atoms with Crippen molar-refractivity contribution in [2.75, 3.05) is 16.2 Å². The number of hydrogen-bond acceptors (Lipinski definition) is 3. The number of hydrogen-bond donors (Lipinski definition) is 2. The van der Waals surface area contributed by atoms with Gasteiger partial charge in [-0.05, 0) is 30.7 Å². The molecule has 3 nitrogen and oxygen atoms in total. The first-order valence-corrected chi connectivity index (χ1v) is 7.09. The van der Waals surface area contributed by atoms with Crippen molar-refractivity contribution in [2.24, 2.45) is 0 Å². The van der Waals surface area contributed by atoms with Crippen molar-refractivity contribution in [1.82, 2.24) is 0 Å². The molecule has 0 atom stereocenters. The molecule has 0 spiro atoms. The maximum atomic E-state index is 11.5. The number of rotatable bonds is 6. The van der Waals surface area contributed by atoms with Crippen LogP contribution in [0.1, 0.15) is 12.8 Å². The molecule has 0 saturated carbocycles. The highest BCUT2D eigenvalue weighted by Crippen LogP contribution is 2.09. The molecule has 0 fully saturated rings. The van der Waals surface area contributed by atoms with Crippen molar-refractivity contribution in [2.45, 2.75) is 12.8 Å². The van der Waals surface area contributed by atoms with Gasteiger partial charge >= 0.3 is 0 Å². The van der Waals surface area contributed by atoms with Crippen LogP contribution in [0.4, 0.5) is 5.69 Å². The molecular weight excluding hydrogens is 230 g/mol. The van der Waals surface area contributed by atoms with Crippen LogP contribution in [0.5, 0.6) is 0 Å². The summed E-state index contributed by atoms with van der Waals surface area (Å²) in [6.45, 7) is 0. The molecule has 0 amide bonds. The Bertz CT molecular complexity index is 376. The van der Waals surface area contributed by atoms with Crippen LogP contribution in [0.15, 0.2) is 30.3 Å². The third-order valence-electron chi connectivity index (χ3n) is 1.87. The van der Waals surface area contributed by atoms with Gasteiger partial charge in [0.05, 0.1) is 5.75 Å². The summed E-state index contributed by atoms with van der Waals surface area (Å²) in [5.41, 5.74) is 0.614. The summed E-state index contributed by atoms with van der Waals surface area (Å²) in [6, 6.07) is 8.90. The molecule has 0 aliphatic carbocycles. The van der Waals surface area contributed by atoms with E-state index in [1.807, 2.05) is 6.07 Å². The Kier molecular flexibility index (Phi) is 4.98. The molecule has 1 aromatic rings. The first-order valence-electron chi connectivity index (χ1n) is 4.80. The monoisotopic (exact) mass is 245 g/mol. The van der Waals surface area contributed by atoms with Crippen LogP contribution in [-0.4, -0.2) is 19.9 Å². The van der Waals surface area contributed by atoms with Gasteiger partial charge in [-0.1, -0.05) is 18.2 Å². The normalized spacial score (nSPS) is 11.3. The van der Waals surface area contributed by atoms with Gasteiger partial charge in [0.15, 0.2) is 0 Å². The second-order valence-electron chi connectivity index (χ2n) is 3.22. The highest BCUT2D eigenvalue weighted by molar-refractivity contribution is 7.92. The molecule has 1 aromatic carbocycles. The van der Waals surface area contributed by atoms with Crippen LogP contribution >= 0.6 is 12.6 Å². The summed E-state index contributed by atoms with van der Waals surface area (Å²) >= 11 is 4.03. The summed E-state index contributed by atoms with van der Waals surface area (Å²) in [4.78, 5) is 0. The Morgan fingerprint density at radius 2 is 1.80 bits per heavy atom. The predicted octanol–water partition coefficient (Wildman–Crippen LogP) is 2.14. The Morgan fingerprint density at radius 1 is 1.13 bits per heavy atom. The van der Waals surface area contributed by atoms with E-state index in [-0.39, 0.29) is 5.75 Å². The average Bonchev–Trinajstić information content (AvgIpc) is 2.18. The molecule has 0 bridgehead atoms. The first-order chi connectivity index (χ1) is 7.14. The van der Waals surface area contributed by atoms with Crippen molar-refractivity contribution in [3.8, 4) is 0 Å². The molecule has 1 N–H and O–H groups in total. The zero-order chi connectivity index (χ0) is 11.1. The van der Waals surface area contributed by atoms with Crippen LogP contribution < -0.4 is 4.72 Å². The van der Waals surface area contributed by atoms with Crippen LogP contribution in [0.25, 0.3) is 0 Å². The summed E-state index contributed by atoms with van der Waals surface area (Å²) in [7, 11) is -3.19. The van der Waals surface area contributed by atoms with Crippen molar-refractivity contribution in [3.05, 3.63) is 30.3 Å². The lowest BCUT2D eigenvalue weighted by atomic mass is 10.3. The topological polar surface area (TPSA) is 46.2 Å². The fraction of sp³-hybridized carbons (Fsp3) is 0.400. The highest BCUT2D eigenvalue weighted by atomic mass is 32.2. The van der Waals surface area contributed by atoms with Crippen LogP contribution in [0.2, 0.25) is 0 Å². The molecular formula is C10H15NO2S2. The molecule has 0 aliphatic heterocycles. The van der Waals surface area contributed by atoms with Crippen LogP contribution in [-0.2, 0) is 10.0 Å². The maximum absolute atomic E-state index is 11.5. The number of sulfonamides is 1. The summed E-state index contributed by atoms with van der Waals surface area (Å²) in [5, 5.41) is 0. The number of unbranched alkanes of at least 4 members (excludes halogenated alkanes) is 1. The van der Waals surface area contributed by atoms with E-state index >= 15 is 0 Å². The van der Waals surface area contributed by atoms with Gasteiger partial charge in [0.2, 0.25) is 10.0 Å². The SMILES string of the molecule is O=S(=O)(CCCCS)Nc1ccccc1. The summed E-state index contributed by atoms with van der Waals surface area (Å²) in [6.07, 6.45) is 1.46. The molecule has 84 valence electrons. The number of nitrogens with one attached hydrogen (secondary N) is 1. The quantitative estimate of drug-likeness (QED) is 0.596. The number of thiol groups is 1. The molecule has 0 aromatic heterocycles. The second-order valence-corrected chi connectivity index (χ2v) is 5.51. The van der Waals surface area contributed by atoms with Gasteiger partial charge in [-0.2, -0.15) is 12.6 Å². The lowest BCUT2D eigenvalue weighted by Crippen LogP contribution is -2.16. The molecule has 0 unspecified atom stereocenters. The van der Waals surface area contributed by atoms with E-state index in [2.05, 4.69) is 17.4 Å². The van der Waals surface area contributed by atoms with Gasteiger partial charge < -0.3 is 0 Å². The van der Waals surface area contributed by atoms with E-state index < -0.39 is 10.0 Å². The van der Waals surface area contributed by atoms with E-state index in [0.29, 0.717) is 12.1 Å². The number of para-hydroxylation sites is 1. The molecule has 1 rings (SSSR count). The van der Waals surface area contributed by atoms with Gasteiger partial charge in [-0.15, -0.1) is 0 Å². The Labute approximate surface area is 96.4 Å². The zero-order valence-corrected chi connectivity index (χ0v) is 10.1. The molecule has 5 heteroatoms. The van der Waals surface area contributed by atoms with Crippen LogP contribution in [0, 0.1) is 0 Å². The van der Waals surface area contributed by atoms with Crippen molar-refractivity contribution in [3.63, 3.8) is 0 Å². The summed E-state index contributed by atoms with van der Waals surface area (Å²) < 4.78 is 25.6. The average molecular weight is 245 g/mol. The van der Waals surface area contributed by atoms with Gasteiger partial charge in [0.25, 0.3) is 0 Å². The van der Waals surface area contributed by atoms with E-state index in [1.54, 1.807) is 24.3 Å². The fourth-order valence-electron chi connectivity index (χ4n) is 1.14. The number of benzene rings is 1. The lowest BCUT2D eigenvalue weighted by molar-refractivity contribution is 0.598. The van der Waals surface area contributed by atoms with Gasteiger partial charge in [0.1, 0.15) is 0 Å². The van der Waals surface area contributed by atoms with Crippen molar-refractivity contribution < 1.29 is 8.42 Å². The molecule has 0 heterocycles. The second kappa shape index (κ2) is 6.02. The fourth-order valence-corrected chi connectivity index (χ4v) is 2.55. The molecule has 0 radical (unpaired) electrons. The van der Waals surface area contributed by atoms with Crippen molar-refractivity contribution >= 4 is 28.3 Å². The summed E-state index contributed by atoms with van der Waals surface area (Å²) in [5.74, 6) is 0.878. The molecule has 0 saturated heterocycles. The van der Waals surface area contributed by atoms with Crippen LogP contribution in [0.3, 0.4) is 0 Å². The Balaban J connectivity index is 2.50. The number of anilines is 1. The molecule has 0 aliphatic rings. The smallest absolute Gasteiger partial charge is 0.232 e. The van der Waals surface area contributed by atoms with E-state index in [0.717, 1.165) is 12.2 Å². The third-order valence-corrected chi connectivity index (χ3v) is 3.56. The minimum Gasteiger partial charge on any atom is -0.284 e. The van der Waals surface area contributed by atoms with Crippen molar-refractivity contribution in [1.29, 1.82) is 0 Å². The minimum absolute atomic E-state index is 0.155. The Morgan fingerprint density at radius 3 is 2.40 bits per heavy atom. The van der Waals surface area contributed by atoms with E-state index in [4.69, 9.17) is 0 Å². The first kappa shape index (κ1) is 12.4. The standard InChI is InChI=1S/C10H15NO2S2/c12-15(13,9-5-4-8-14)11-10-6-2-1-3-7-10/h1-3,6-7,11,14H,4-5,8-9H2. The van der Waals surface area contributed by atoms with Gasteiger partial charge in [-0.25, -0.2) is 8.42 Å². The van der Waals surface area contributed by atoms with Gasteiger partial charge in [0, 0.05) is 5.69 Å². The molecule has 15 heavy (non-hydrogen) atoms. The third kappa shape index (κ3) is 5.09. The van der Waals surface area contributed by atoms with E-state index in [1.165, 1.54) is 0 Å². The Hall–Kier alpha value is -0.680. The largest absolute Gasteiger partial charge is 0.284 e.